The van der Waals surface area contributed by atoms with E-state index in [0.717, 1.165) is 6.42 Å². The van der Waals surface area contributed by atoms with E-state index in [2.05, 4.69) is 5.32 Å². The van der Waals surface area contributed by atoms with Gasteiger partial charge in [-0.3, -0.25) is 4.79 Å². The lowest BCUT2D eigenvalue weighted by Gasteiger charge is -2.15. The topological polar surface area (TPSA) is 66.4 Å². The highest BCUT2D eigenvalue weighted by atomic mass is 16.4. The predicted molar refractivity (Wildman–Crippen MR) is 69.0 cm³/mol. The number of aliphatic carboxylic acids is 1. The third-order valence-electron chi connectivity index (χ3n) is 2.63. The third kappa shape index (κ3) is 4.57. The quantitative estimate of drug-likeness (QED) is 0.813. The molecule has 0 saturated carbocycles. The fourth-order valence-electron chi connectivity index (χ4n) is 1.59. The Morgan fingerprint density at radius 2 is 1.83 bits per heavy atom. The minimum atomic E-state index is -1.04. The smallest absolute Gasteiger partial charge is 0.330 e. The maximum absolute atomic E-state index is 11.7. The SMILES string of the molecule is CC(C)CCC(=O)N[C@H](C(=O)O)c1ccccc1. The monoisotopic (exact) mass is 249 g/mol. The number of carboxylic acids is 1. The molecule has 0 radical (unpaired) electrons. The van der Waals surface area contributed by atoms with Gasteiger partial charge in [0.05, 0.1) is 0 Å². The molecule has 0 heterocycles. The fraction of sp³-hybridized carbons (Fsp3) is 0.429. The van der Waals surface area contributed by atoms with Crippen LogP contribution in [0.25, 0.3) is 0 Å². The van der Waals surface area contributed by atoms with Crippen molar-refractivity contribution >= 4 is 11.9 Å². The number of rotatable bonds is 6. The van der Waals surface area contributed by atoms with Gasteiger partial charge in [0.15, 0.2) is 6.04 Å². The number of hydrogen-bond donors (Lipinski definition) is 2. The first-order valence-corrected chi connectivity index (χ1v) is 6.08. The minimum Gasteiger partial charge on any atom is -0.479 e. The van der Waals surface area contributed by atoms with E-state index in [0.29, 0.717) is 17.9 Å². The first-order valence-electron chi connectivity index (χ1n) is 6.08. The standard InChI is InChI=1S/C14H19NO3/c1-10(2)8-9-12(16)15-13(14(17)18)11-6-4-3-5-7-11/h3-7,10,13H,8-9H2,1-2H3,(H,15,16)(H,17,18)/t13-/m0/s1. The van der Waals surface area contributed by atoms with Crippen LogP contribution in [-0.2, 0) is 9.59 Å². The van der Waals surface area contributed by atoms with Gasteiger partial charge in [0, 0.05) is 6.42 Å². The van der Waals surface area contributed by atoms with Crippen LogP contribution in [0.2, 0.25) is 0 Å². The molecule has 1 atom stereocenters. The zero-order valence-corrected chi connectivity index (χ0v) is 10.7. The van der Waals surface area contributed by atoms with Crippen LogP contribution in [-0.4, -0.2) is 17.0 Å². The minimum absolute atomic E-state index is 0.222. The molecule has 0 aliphatic heterocycles. The summed E-state index contributed by atoms with van der Waals surface area (Å²) in [6.45, 7) is 4.05. The Morgan fingerprint density at radius 1 is 1.22 bits per heavy atom. The van der Waals surface area contributed by atoms with Crippen LogP contribution in [0.5, 0.6) is 0 Å². The van der Waals surface area contributed by atoms with E-state index in [-0.39, 0.29) is 5.91 Å². The largest absolute Gasteiger partial charge is 0.479 e. The molecule has 1 aromatic rings. The first-order chi connectivity index (χ1) is 8.50. The summed E-state index contributed by atoms with van der Waals surface area (Å²) in [4.78, 5) is 22.8. The Labute approximate surface area is 107 Å². The summed E-state index contributed by atoms with van der Waals surface area (Å²) in [6.07, 6.45) is 1.11. The fourth-order valence-corrected chi connectivity index (χ4v) is 1.59. The Balaban J connectivity index is 2.65. The van der Waals surface area contributed by atoms with Crippen LogP contribution >= 0.6 is 0 Å². The second-order valence-electron chi connectivity index (χ2n) is 4.68. The van der Waals surface area contributed by atoms with Crippen molar-refractivity contribution in [3.05, 3.63) is 35.9 Å². The summed E-state index contributed by atoms with van der Waals surface area (Å²) in [5.41, 5.74) is 0.586. The number of nitrogens with one attached hydrogen (secondary N) is 1. The molecular weight excluding hydrogens is 230 g/mol. The van der Waals surface area contributed by atoms with Gasteiger partial charge >= 0.3 is 5.97 Å². The number of carbonyl (C=O) groups is 2. The number of benzene rings is 1. The highest BCUT2D eigenvalue weighted by molar-refractivity contribution is 5.84. The number of amides is 1. The van der Waals surface area contributed by atoms with E-state index in [1.807, 2.05) is 19.9 Å². The van der Waals surface area contributed by atoms with Gasteiger partial charge in [-0.1, -0.05) is 44.2 Å². The van der Waals surface area contributed by atoms with Crippen molar-refractivity contribution < 1.29 is 14.7 Å². The van der Waals surface area contributed by atoms with Crippen molar-refractivity contribution in [1.82, 2.24) is 5.32 Å². The molecule has 2 N–H and O–H groups in total. The van der Waals surface area contributed by atoms with Crippen molar-refractivity contribution in [2.75, 3.05) is 0 Å². The lowest BCUT2D eigenvalue weighted by atomic mass is 10.1. The molecule has 0 aliphatic rings. The van der Waals surface area contributed by atoms with E-state index >= 15 is 0 Å². The molecule has 0 aliphatic carbocycles. The van der Waals surface area contributed by atoms with Gasteiger partial charge in [0.25, 0.3) is 0 Å². The number of hydrogen-bond acceptors (Lipinski definition) is 2. The lowest BCUT2D eigenvalue weighted by Crippen LogP contribution is -2.33. The number of carbonyl (C=O) groups excluding carboxylic acids is 1. The average Bonchev–Trinajstić information content (AvgIpc) is 2.34. The normalized spacial score (nSPS) is 12.2. The highest BCUT2D eigenvalue weighted by Crippen LogP contribution is 2.13. The second-order valence-corrected chi connectivity index (χ2v) is 4.68. The molecule has 98 valence electrons. The molecule has 0 saturated heterocycles. The van der Waals surface area contributed by atoms with E-state index in [1.54, 1.807) is 24.3 Å². The molecule has 0 aromatic heterocycles. The summed E-state index contributed by atoms with van der Waals surface area (Å²) >= 11 is 0. The van der Waals surface area contributed by atoms with Crippen molar-refractivity contribution in [1.29, 1.82) is 0 Å². The average molecular weight is 249 g/mol. The molecule has 0 bridgehead atoms. The second kappa shape index (κ2) is 6.79. The Kier molecular flexibility index (Phi) is 5.36. The van der Waals surface area contributed by atoms with Crippen molar-refractivity contribution in [2.24, 2.45) is 5.92 Å². The molecule has 0 spiro atoms. The van der Waals surface area contributed by atoms with Gasteiger partial charge in [0.1, 0.15) is 0 Å². The van der Waals surface area contributed by atoms with Gasteiger partial charge in [-0.05, 0) is 17.9 Å². The van der Waals surface area contributed by atoms with Gasteiger partial charge < -0.3 is 10.4 Å². The highest BCUT2D eigenvalue weighted by Gasteiger charge is 2.21. The molecule has 0 unspecified atom stereocenters. The maximum atomic E-state index is 11.7. The molecule has 4 nitrogen and oxygen atoms in total. The predicted octanol–water partition coefficient (Wildman–Crippen LogP) is 2.36. The van der Waals surface area contributed by atoms with Crippen LogP contribution in [0, 0.1) is 5.92 Å². The van der Waals surface area contributed by atoms with E-state index in [1.165, 1.54) is 0 Å². The maximum Gasteiger partial charge on any atom is 0.330 e. The van der Waals surface area contributed by atoms with E-state index < -0.39 is 12.0 Å². The number of carboxylic acid groups (broad SMARTS) is 1. The molecule has 1 rings (SSSR count). The van der Waals surface area contributed by atoms with Crippen LogP contribution in [0.4, 0.5) is 0 Å². The van der Waals surface area contributed by atoms with Crippen LogP contribution < -0.4 is 5.32 Å². The van der Waals surface area contributed by atoms with Crippen LogP contribution in [0.1, 0.15) is 38.3 Å². The molecule has 1 aromatic carbocycles. The van der Waals surface area contributed by atoms with Crippen molar-refractivity contribution in [2.45, 2.75) is 32.7 Å². The summed E-state index contributed by atoms with van der Waals surface area (Å²) < 4.78 is 0. The summed E-state index contributed by atoms with van der Waals surface area (Å²) in [5, 5.41) is 11.7. The van der Waals surface area contributed by atoms with Gasteiger partial charge in [-0.25, -0.2) is 4.79 Å². The van der Waals surface area contributed by atoms with Crippen molar-refractivity contribution in [3.63, 3.8) is 0 Å². The molecule has 18 heavy (non-hydrogen) atoms. The lowest BCUT2D eigenvalue weighted by molar-refractivity contribution is -0.142. The molecule has 0 fully saturated rings. The van der Waals surface area contributed by atoms with E-state index in [9.17, 15) is 9.59 Å². The van der Waals surface area contributed by atoms with Gasteiger partial charge in [-0.15, -0.1) is 0 Å². The third-order valence-corrected chi connectivity index (χ3v) is 2.63. The van der Waals surface area contributed by atoms with E-state index in [4.69, 9.17) is 5.11 Å². The Morgan fingerprint density at radius 3 is 2.33 bits per heavy atom. The molecule has 4 heteroatoms. The summed E-state index contributed by atoms with van der Waals surface area (Å²) in [5.74, 6) is -0.838. The molecular formula is C14H19NO3. The Hall–Kier alpha value is -1.84. The van der Waals surface area contributed by atoms with Gasteiger partial charge in [-0.2, -0.15) is 0 Å². The Bertz CT molecular complexity index is 401. The summed E-state index contributed by atoms with van der Waals surface area (Å²) in [7, 11) is 0. The first kappa shape index (κ1) is 14.2. The van der Waals surface area contributed by atoms with Crippen LogP contribution in [0.3, 0.4) is 0 Å². The zero-order valence-electron chi connectivity index (χ0n) is 10.7. The van der Waals surface area contributed by atoms with Gasteiger partial charge in [0.2, 0.25) is 5.91 Å². The van der Waals surface area contributed by atoms with Crippen LogP contribution in [0.15, 0.2) is 30.3 Å². The molecule has 1 amide bonds. The zero-order chi connectivity index (χ0) is 13.5. The summed E-state index contributed by atoms with van der Waals surface area (Å²) in [6, 6.07) is 7.74. The van der Waals surface area contributed by atoms with Crippen molar-refractivity contribution in [3.8, 4) is 0 Å².